The van der Waals surface area contributed by atoms with Gasteiger partial charge in [-0.05, 0) is 59.9 Å². The van der Waals surface area contributed by atoms with Crippen LogP contribution in [0.2, 0.25) is 0 Å². The molecule has 0 spiro atoms. The number of pyridine rings is 1. The van der Waals surface area contributed by atoms with E-state index in [0.29, 0.717) is 29.5 Å². The summed E-state index contributed by atoms with van der Waals surface area (Å²) in [6, 6.07) is 12.1. The normalized spacial score (nSPS) is 13.4. The maximum Gasteiger partial charge on any atom is 0.433 e. The van der Waals surface area contributed by atoms with Crippen LogP contribution in [-0.4, -0.2) is 17.9 Å². The minimum atomic E-state index is -4.53. The Labute approximate surface area is 187 Å². The Morgan fingerprint density at radius 1 is 0.970 bits per heavy atom. The Bertz CT molecular complexity index is 1070. The Morgan fingerprint density at radius 2 is 1.70 bits per heavy atom. The standard InChI is InChI=1S/C24H22F5N3O/c1-30-23(33)22(16-7-9-18(25)10-8-16)32-20(17-3-2-4-19(26)13-17)11-5-15-6-12-21(31-14-15)24(27,28)29/h2-4,6-10,12-14,20,22,32H,5,11H2,1H3,(H,30,33)/t20-,22?/m0/s1. The van der Waals surface area contributed by atoms with Gasteiger partial charge in [0.15, 0.2) is 0 Å². The molecule has 0 saturated carbocycles. The monoisotopic (exact) mass is 463 g/mol. The van der Waals surface area contributed by atoms with Gasteiger partial charge in [0.05, 0.1) is 0 Å². The maximum atomic E-state index is 13.9. The van der Waals surface area contributed by atoms with Crippen LogP contribution in [0.15, 0.2) is 66.9 Å². The Hall–Kier alpha value is -3.33. The summed E-state index contributed by atoms with van der Waals surface area (Å²) in [5.74, 6) is -1.29. The molecular formula is C24H22F5N3O. The van der Waals surface area contributed by atoms with Crippen LogP contribution in [-0.2, 0) is 17.4 Å². The molecule has 0 radical (unpaired) electrons. The highest BCUT2D eigenvalue weighted by Crippen LogP contribution is 2.28. The van der Waals surface area contributed by atoms with Crippen LogP contribution < -0.4 is 10.6 Å². The van der Waals surface area contributed by atoms with Crippen molar-refractivity contribution in [1.82, 2.24) is 15.6 Å². The summed E-state index contributed by atoms with van der Waals surface area (Å²) in [6.07, 6.45) is -2.71. The number of hydrogen-bond donors (Lipinski definition) is 2. The van der Waals surface area contributed by atoms with Crippen LogP contribution in [0.5, 0.6) is 0 Å². The molecule has 3 aromatic rings. The van der Waals surface area contributed by atoms with Crippen molar-refractivity contribution in [2.75, 3.05) is 7.05 Å². The summed E-state index contributed by atoms with van der Waals surface area (Å²) in [5, 5.41) is 5.74. The molecule has 0 fully saturated rings. The van der Waals surface area contributed by atoms with Crippen molar-refractivity contribution >= 4 is 5.91 Å². The number of likely N-dealkylation sites (N-methyl/N-ethyl adjacent to an activating group) is 1. The molecule has 174 valence electrons. The topological polar surface area (TPSA) is 54.0 Å². The highest BCUT2D eigenvalue weighted by molar-refractivity contribution is 5.83. The lowest BCUT2D eigenvalue weighted by Crippen LogP contribution is -2.38. The summed E-state index contributed by atoms with van der Waals surface area (Å²) in [6.45, 7) is 0. The second-order valence-electron chi connectivity index (χ2n) is 7.46. The Kier molecular flexibility index (Phi) is 7.75. The lowest BCUT2D eigenvalue weighted by Gasteiger charge is -2.26. The lowest BCUT2D eigenvalue weighted by atomic mass is 9.96. The van der Waals surface area contributed by atoms with Crippen molar-refractivity contribution in [3.05, 3.63) is 101 Å². The van der Waals surface area contributed by atoms with E-state index < -0.39 is 35.6 Å². The fourth-order valence-electron chi connectivity index (χ4n) is 3.44. The van der Waals surface area contributed by atoms with E-state index in [1.54, 1.807) is 6.07 Å². The van der Waals surface area contributed by atoms with Gasteiger partial charge in [-0.2, -0.15) is 13.2 Å². The Balaban J connectivity index is 1.85. The minimum Gasteiger partial charge on any atom is -0.358 e. The number of benzene rings is 2. The number of halogens is 5. The number of amides is 1. The molecule has 0 aliphatic rings. The molecule has 9 heteroatoms. The van der Waals surface area contributed by atoms with Gasteiger partial charge in [0.1, 0.15) is 23.4 Å². The van der Waals surface area contributed by atoms with E-state index in [-0.39, 0.29) is 5.91 Å². The number of rotatable bonds is 8. The summed E-state index contributed by atoms with van der Waals surface area (Å²) in [4.78, 5) is 16.0. The maximum absolute atomic E-state index is 13.9. The highest BCUT2D eigenvalue weighted by Gasteiger charge is 2.32. The van der Waals surface area contributed by atoms with Gasteiger partial charge in [0.2, 0.25) is 5.91 Å². The average Bonchev–Trinajstić information content (AvgIpc) is 2.79. The van der Waals surface area contributed by atoms with Crippen molar-refractivity contribution in [2.45, 2.75) is 31.1 Å². The second-order valence-corrected chi connectivity index (χ2v) is 7.46. The quantitative estimate of drug-likeness (QED) is 0.456. The van der Waals surface area contributed by atoms with Crippen molar-refractivity contribution < 1.29 is 26.7 Å². The van der Waals surface area contributed by atoms with Crippen LogP contribution in [0.25, 0.3) is 0 Å². The number of carbonyl (C=O) groups excluding carboxylic acids is 1. The summed E-state index contributed by atoms with van der Waals surface area (Å²) >= 11 is 0. The van der Waals surface area contributed by atoms with E-state index in [1.165, 1.54) is 55.6 Å². The molecule has 1 unspecified atom stereocenters. The molecule has 2 aromatic carbocycles. The molecule has 0 aliphatic heterocycles. The fraction of sp³-hybridized carbons (Fsp3) is 0.250. The SMILES string of the molecule is CNC(=O)C(N[C@@H](CCc1ccc(C(F)(F)F)nc1)c1cccc(F)c1)c1ccc(F)cc1. The molecule has 2 atom stereocenters. The second kappa shape index (κ2) is 10.5. The third kappa shape index (κ3) is 6.58. The summed E-state index contributed by atoms with van der Waals surface area (Å²) in [7, 11) is 1.46. The van der Waals surface area contributed by atoms with Crippen LogP contribution in [0.4, 0.5) is 22.0 Å². The number of carbonyl (C=O) groups is 1. The van der Waals surface area contributed by atoms with Gasteiger partial charge < -0.3 is 5.32 Å². The molecule has 0 saturated heterocycles. The van der Waals surface area contributed by atoms with Gasteiger partial charge in [0, 0.05) is 19.3 Å². The third-order valence-corrected chi connectivity index (χ3v) is 5.17. The van der Waals surface area contributed by atoms with Crippen LogP contribution in [0.3, 0.4) is 0 Å². The van der Waals surface area contributed by atoms with E-state index in [4.69, 9.17) is 0 Å². The van der Waals surface area contributed by atoms with Gasteiger partial charge in [-0.25, -0.2) is 8.78 Å². The molecule has 4 nitrogen and oxygen atoms in total. The van der Waals surface area contributed by atoms with Crippen LogP contribution in [0.1, 0.15) is 40.9 Å². The van der Waals surface area contributed by atoms with Crippen LogP contribution >= 0.6 is 0 Å². The molecular weight excluding hydrogens is 441 g/mol. The first-order valence-electron chi connectivity index (χ1n) is 10.2. The van der Waals surface area contributed by atoms with Crippen molar-refractivity contribution in [1.29, 1.82) is 0 Å². The number of hydrogen-bond acceptors (Lipinski definition) is 3. The third-order valence-electron chi connectivity index (χ3n) is 5.17. The predicted molar refractivity (Wildman–Crippen MR) is 113 cm³/mol. The smallest absolute Gasteiger partial charge is 0.358 e. The molecule has 0 aliphatic carbocycles. The number of nitrogens with one attached hydrogen (secondary N) is 2. The van der Waals surface area contributed by atoms with Crippen LogP contribution in [0, 0.1) is 11.6 Å². The van der Waals surface area contributed by atoms with E-state index in [1.807, 2.05) is 0 Å². The molecule has 1 aromatic heterocycles. The van der Waals surface area contributed by atoms with Crippen molar-refractivity contribution in [2.24, 2.45) is 0 Å². The fourth-order valence-corrected chi connectivity index (χ4v) is 3.44. The number of nitrogens with zero attached hydrogens (tertiary/aromatic N) is 1. The number of aromatic nitrogens is 1. The largest absolute Gasteiger partial charge is 0.433 e. The van der Waals surface area contributed by atoms with Gasteiger partial charge in [-0.1, -0.05) is 30.3 Å². The lowest BCUT2D eigenvalue weighted by molar-refractivity contribution is -0.141. The minimum absolute atomic E-state index is 0.323. The first kappa shape index (κ1) is 24.3. The molecule has 1 heterocycles. The zero-order chi connectivity index (χ0) is 24.0. The van der Waals surface area contributed by atoms with Gasteiger partial charge in [-0.15, -0.1) is 0 Å². The summed E-state index contributed by atoms with van der Waals surface area (Å²) < 4.78 is 65.6. The molecule has 33 heavy (non-hydrogen) atoms. The van der Waals surface area contributed by atoms with Crippen molar-refractivity contribution in [3.63, 3.8) is 0 Å². The average molecular weight is 463 g/mol. The molecule has 2 N–H and O–H groups in total. The summed E-state index contributed by atoms with van der Waals surface area (Å²) in [5.41, 5.74) is 0.644. The number of alkyl halides is 3. The molecule has 1 amide bonds. The first-order valence-corrected chi connectivity index (χ1v) is 10.2. The zero-order valence-electron chi connectivity index (χ0n) is 17.7. The van der Waals surface area contributed by atoms with Gasteiger partial charge in [0.25, 0.3) is 0 Å². The zero-order valence-corrected chi connectivity index (χ0v) is 17.7. The van der Waals surface area contributed by atoms with Gasteiger partial charge in [-0.3, -0.25) is 15.1 Å². The van der Waals surface area contributed by atoms with E-state index in [2.05, 4.69) is 15.6 Å². The number of aryl methyl sites for hydroxylation is 1. The van der Waals surface area contributed by atoms with Crippen molar-refractivity contribution in [3.8, 4) is 0 Å². The predicted octanol–water partition coefficient (Wildman–Crippen LogP) is 5.13. The Morgan fingerprint density at radius 3 is 2.27 bits per heavy atom. The van der Waals surface area contributed by atoms with E-state index >= 15 is 0 Å². The van der Waals surface area contributed by atoms with E-state index in [9.17, 15) is 26.7 Å². The highest BCUT2D eigenvalue weighted by atomic mass is 19.4. The van der Waals surface area contributed by atoms with E-state index in [0.717, 1.165) is 12.3 Å². The van der Waals surface area contributed by atoms with Gasteiger partial charge >= 0.3 is 6.18 Å². The first-order chi connectivity index (χ1) is 15.7. The molecule has 0 bridgehead atoms. The molecule has 3 rings (SSSR count).